The van der Waals surface area contributed by atoms with Crippen molar-refractivity contribution in [2.45, 2.75) is 212 Å². The van der Waals surface area contributed by atoms with E-state index in [2.05, 4.69) is 75.0 Å². The van der Waals surface area contributed by atoms with Gasteiger partial charge in [-0.3, -0.25) is 0 Å². The number of rotatable bonds is 52. The fraction of sp³-hybridized carbons (Fsp3) is 1.00. The van der Waals surface area contributed by atoms with Crippen molar-refractivity contribution in [1.29, 1.82) is 0 Å². The van der Waals surface area contributed by atoms with Gasteiger partial charge in [-0.05, 0) is 211 Å². The summed E-state index contributed by atoms with van der Waals surface area (Å²) in [4.78, 5) is 10.2. The maximum Gasteiger partial charge on any atom is 0.493 e. The highest BCUT2D eigenvalue weighted by Crippen LogP contribution is 2.30. The summed E-state index contributed by atoms with van der Waals surface area (Å²) in [6, 6.07) is 3.19. The molecule has 0 rings (SSSR count). The molecule has 424 valence electrons. The Kier molecular flexibility index (Phi) is 49.4. The molecule has 0 aromatic carbocycles. The van der Waals surface area contributed by atoms with E-state index >= 15 is 0 Å². The quantitative estimate of drug-likeness (QED) is 0.0540. The molecule has 0 aliphatic rings. The molecule has 0 aromatic heterocycles. The summed E-state index contributed by atoms with van der Waals surface area (Å²) in [6.45, 7) is 52.0. The van der Waals surface area contributed by atoms with Gasteiger partial charge in [-0.25, -0.2) is 0 Å². The van der Waals surface area contributed by atoms with Gasteiger partial charge in [0, 0.05) is 77.0 Å². The molecule has 70 heavy (non-hydrogen) atoms. The van der Waals surface area contributed by atoms with Crippen molar-refractivity contribution in [3.63, 3.8) is 0 Å². The summed E-state index contributed by atoms with van der Waals surface area (Å²) in [7, 11) is -11.8. The largest absolute Gasteiger partial charge is 0.493 e. The lowest BCUT2D eigenvalue weighted by atomic mass is 10.3. The highest BCUT2D eigenvalue weighted by atomic mass is 28.5. The average molecular weight is 1070 g/mol. The van der Waals surface area contributed by atoms with Crippen molar-refractivity contribution in [3.8, 4) is 0 Å². The summed E-state index contributed by atoms with van der Waals surface area (Å²) >= 11 is 0. The Morgan fingerprint density at radius 3 is 0.471 bits per heavy atom. The lowest BCUT2D eigenvalue weighted by Gasteiger charge is -2.38. The molecule has 0 spiro atoms. The first-order valence-corrected chi connectivity index (χ1v) is 37.0. The Balaban J connectivity index is 0. The van der Waals surface area contributed by atoms with E-state index in [1.807, 2.05) is 55.4 Å². The molecule has 14 nitrogen and oxygen atoms in total. The third-order valence-corrected chi connectivity index (χ3v) is 26.4. The molecular formula is C52H120N4O10Si4. The summed E-state index contributed by atoms with van der Waals surface area (Å²) in [6.07, 6.45) is 13.4. The fourth-order valence-corrected chi connectivity index (χ4v) is 24.0. The van der Waals surface area contributed by atoms with E-state index < -0.39 is 35.2 Å². The van der Waals surface area contributed by atoms with Crippen LogP contribution in [-0.4, -0.2) is 186 Å². The predicted molar refractivity (Wildman–Crippen MR) is 304 cm³/mol. The van der Waals surface area contributed by atoms with E-state index in [1.165, 1.54) is 51.4 Å². The van der Waals surface area contributed by atoms with Crippen LogP contribution < -0.4 is 0 Å². The Hall–Kier alpha value is 0.308. The highest BCUT2D eigenvalue weighted by Gasteiger charge is 2.54. The number of nitrogens with zero attached hydrogens (tertiary/aromatic N) is 4. The highest BCUT2D eigenvalue weighted by molar-refractivity contribution is 6.75. The van der Waals surface area contributed by atoms with Crippen LogP contribution in [0.1, 0.15) is 188 Å². The minimum Gasteiger partial charge on any atom is -0.374 e. The molecule has 0 unspecified atom stereocenters. The van der Waals surface area contributed by atoms with Crippen LogP contribution in [0.15, 0.2) is 0 Å². The second-order valence-electron chi connectivity index (χ2n) is 18.2. The molecule has 0 saturated heterocycles. The summed E-state index contributed by atoms with van der Waals surface area (Å²) in [5.41, 5.74) is 0. The molecule has 0 aliphatic heterocycles. The van der Waals surface area contributed by atoms with Gasteiger partial charge in [0.1, 0.15) is 0 Å². The maximum absolute atomic E-state index is 6.94. The molecular weight excluding hydrogens is 953 g/mol. The third kappa shape index (κ3) is 33.4. The van der Waals surface area contributed by atoms with Crippen LogP contribution in [-0.2, 0) is 43.6 Å². The van der Waals surface area contributed by atoms with E-state index in [0.717, 1.165) is 128 Å². The number of hydrogen-bond acceptors (Lipinski definition) is 14. The normalized spacial score (nSPS) is 12.9. The lowest BCUT2D eigenvalue weighted by Crippen LogP contribution is -2.59. The minimum atomic E-state index is -2.95. The first-order chi connectivity index (χ1) is 33.9. The van der Waals surface area contributed by atoms with Crippen molar-refractivity contribution in [1.82, 2.24) is 19.6 Å². The van der Waals surface area contributed by atoms with Crippen molar-refractivity contribution < 1.29 is 43.6 Å². The Morgan fingerprint density at radius 1 is 0.214 bits per heavy atom. The Bertz CT molecular complexity index is 908. The van der Waals surface area contributed by atoms with Crippen LogP contribution in [0.3, 0.4) is 0 Å². The maximum atomic E-state index is 6.94. The molecule has 0 radical (unpaired) electrons. The average Bonchev–Trinajstić information content (AvgIpc) is 3.30. The van der Waals surface area contributed by atoms with Crippen LogP contribution in [0.25, 0.3) is 0 Å². The Morgan fingerprint density at radius 2 is 0.357 bits per heavy atom. The van der Waals surface area contributed by atoms with Gasteiger partial charge < -0.3 is 63.2 Å². The van der Waals surface area contributed by atoms with Gasteiger partial charge in [-0.2, -0.15) is 0 Å². The van der Waals surface area contributed by atoms with Gasteiger partial charge >= 0.3 is 35.2 Å². The molecule has 0 heterocycles. The van der Waals surface area contributed by atoms with Crippen LogP contribution in [0.5, 0.6) is 0 Å². The molecule has 0 N–H and O–H groups in total. The summed E-state index contributed by atoms with van der Waals surface area (Å²) < 4.78 is 64.8. The zero-order valence-electron chi connectivity index (χ0n) is 49.3. The van der Waals surface area contributed by atoms with E-state index in [0.29, 0.717) is 52.9 Å². The molecule has 0 aliphatic carbocycles. The molecule has 0 aromatic rings. The SMILES string of the molecule is CCCN(CCC)CCC[Si](OCC)(OCC)O[Si](CCCN(CCC)CCC)(OCC)OCC.CCCN(CCC)CCC[Si](OCC)(OCC)O[Si](CCCN(CCC)CCC)(OCC)OCC. The molecule has 0 saturated carbocycles. The van der Waals surface area contributed by atoms with Crippen LogP contribution in [0.4, 0.5) is 0 Å². The molecule has 0 atom stereocenters. The zero-order valence-corrected chi connectivity index (χ0v) is 53.3. The smallest absolute Gasteiger partial charge is 0.374 e. The van der Waals surface area contributed by atoms with E-state index in [-0.39, 0.29) is 0 Å². The van der Waals surface area contributed by atoms with Gasteiger partial charge in [0.25, 0.3) is 0 Å². The van der Waals surface area contributed by atoms with Gasteiger partial charge in [0.2, 0.25) is 0 Å². The zero-order chi connectivity index (χ0) is 52.8. The molecule has 18 heteroatoms. The van der Waals surface area contributed by atoms with Gasteiger partial charge in [0.05, 0.1) is 0 Å². The van der Waals surface area contributed by atoms with E-state index in [9.17, 15) is 0 Å². The minimum absolute atomic E-state index is 0.573. The fourth-order valence-electron chi connectivity index (χ4n) is 9.37. The van der Waals surface area contributed by atoms with Crippen molar-refractivity contribution in [3.05, 3.63) is 0 Å². The molecule has 0 amide bonds. The summed E-state index contributed by atoms with van der Waals surface area (Å²) in [5, 5.41) is 0. The van der Waals surface area contributed by atoms with Gasteiger partial charge in [-0.15, -0.1) is 0 Å². The number of hydrogen-bond donors (Lipinski definition) is 0. The molecule has 0 bridgehead atoms. The topological polar surface area (TPSA) is 105 Å². The van der Waals surface area contributed by atoms with E-state index in [1.54, 1.807) is 0 Å². The monoisotopic (exact) mass is 1070 g/mol. The van der Waals surface area contributed by atoms with Crippen molar-refractivity contribution >= 4 is 35.2 Å². The standard InChI is InChI=1S/2C26H60N2O5Si2/c2*1-9-19-27(20-10-2)23-17-25-34(29-13-5,30-14-6)33-35(31-15-7,32-16-8)26-18-24-28(21-11-3)22-12-4/h2*9-26H2,1-8H3. The summed E-state index contributed by atoms with van der Waals surface area (Å²) in [5.74, 6) is 0. The molecule has 0 fully saturated rings. The van der Waals surface area contributed by atoms with Crippen LogP contribution >= 0.6 is 0 Å². The lowest BCUT2D eigenvalue weighted by molar-refractivity contribution is 0.0464. The van der Waals surface area contributed by atoms with Gasteiger partial charge in [-0.1, -0.05) is 55.4 Å². The van der Waals surface area contributed by atoms with Crippen molar-refractivity contribution in [2.24, 2.45) is 0 Å². The Labute approximate surface area is 440 Å². The van der Waals surface area contributed by atoms with Crippen molar-refractivity contribution in [2.75, 3.05) is 131 Å². The third-order valence-electron chi connectivity index (χ3n) is 11.7. The second-order valence-corrected chi connectivity index (χ2v) is 29.6. The first kappa shape index (κ1) is 72.4. The predicted octanol–water partition coefficient (Wildman–Crippen LogP) is 12.1. The second kappa shape index (κ2) is 47.7. The van der Waals surface area contributed by atoms with E-state index in [4.69, 9.17) is 43.6 Å². The van der Waals surface area contributed by atoms with Gasteiger partial charge in [0.15, 0.2) is 0 Å². The first-order valence-electron chi connectivity index (χ1n) is 29.3. The van der Waals surface area contributed by atoms with Crippen LogP contribution in [0, 0.1) is 0 Å². The van der Waals surface area contributed by atoms with Crippen LogP contribution in [0.2, 0.25) is 24.2 Å².